The van der Waals surface area contributed by atoms with E-state index in [2.05, 4.69) is 23.0 Å². The van der Waals surface area contributed by atoms with Gasteiger partial charge < -0.3 is 4.42 Å². The van der Waals surface area contributed by atoms with Crippen LogP contribution in [0.2, 0.25) is 0 Å². The Morgan fingerprint density at radius 2 is 1.88 bits per heavy atom. The Bertz CT molecular complexity index is 476. The van der Waals surface area contributed by atoms with E-state index in [0.29, 0.717) is 0 Å². The minimum atomic E-state index is 0.908. The van der Waals surface area contributed by atoms with Crippen molar-refractivity contribution >= 4 is 0 Å². The van der Waals surface area contributed by atoms with Crippen LogP contribution >= 0.6 is 0 Å². The van der Waals surface area contributed by atoms with Crippen LogP contribution in [0.25, 0.3) is 0 Å². The molecule has 0 aliphatic carbocycles. The van der Waals surface area contributed by atoms with Gasteiger partial charge in [-0.1, -0.05) is 0 Å². The Morgan fingerprint density at radius 3 is 2.47 bits per heavy atom. The largest absolute Gasteiger partial charge is 0.466 e. The van der Waals surface area contributed by atoms with Crippen LogP contribution in [0.15, 0.2) is 35.0 Å². The SMILES string of the molecule is Cc1cc(CN(C)Cc2ccncc2)c(C)o1. The van der Waals surface area contributed by atoms with Gasteiger partial charge in [0.05, 0.1) is 0 Å². The second-order valence-corrected chi connectivity index (χ2v) is 4.47. The molecule has 0 radical (unpaired) electrons. The lowest BCUT2D eigenvalue weighted by molar-refractivity contribution is 0.316. The second-order valence-electron chi connectivity index (χ2n) is 4.47. The lowest BCUT2D eigenvalue weighted by Gasteiger charge is -2.15. The van der Waals surface area contributed by atoms with Crippen LogP contribution in [0.3, 0.4) is 0 Å². The minimum absolute atomic E-state index is 0.908. The van der Waals surface area contributed by atoms with Crippen molar-refractivity contribution in [1.29, 1.82) is 0 Å². The van der Waals surface area contributed by atoms with Gasteiger partial charge in [-0.05, 0) is 44.7 Å². The number of rotatable bonds is 4. The molecule has 17 heavy (non-hydrogen) atoms. The van der Waals surface area contributed by atoms with Gasteiger partial charge in [0.15, 0.2) is 0 Å². The van der Waals surface area contributed by atoms with Crippen LogP contribution in [0, 0.1) is 13.8 Å². The molecule has 90 valence electrons. The second kappa shape index (κ2) is 5.15. The summed E-state index contributed by atoms with van der Waals surface area (Å²) < 4.78 is 5.53. The quantitative estimate of drug-likeness (QED) is 0.808. The molecule has 2 aromatic heterocycles. The zero-order chi connectivity index (χ0) is 12.3. The number of pyridine rings is 1. The Balaban J connectivity index is 1.98. The maximum absolute atomic E-state index is 5.53. The maximum Gasteiger partial charge on any atom is 0.105 e. The van der Waals surface area contributed by atoms with Crippen molar-refractivity contribution in [2.75, 3.05) is 7.05 Å². The molecule has 0 atom stereocenters. The normalized spacial score (nSPS) is 11.1. The Hall–Kier alpha value is -1.61. The van der Waals surface area contributed by atoms with E-state index in [0.717, 1.165) is 24.6 Å². The zero-order valence-electron chi connectivity index (χ0n) is 10.6. The lowest BCUT2D eigenvalue weighted by atomic mass is 10.2. The molecule has 0 saturated heterocycles. The molecule has 0 bridgehead atoms. The first-order valence-corrected chi connectivity index (χ1v) is 5.78. The summed E-state index contributed by atoms with van der Waals surface area (Å²) in [6.45, 7) is 5.83. The molecule has 0 N–H and O–H groups in total. The lowest BCUT2D eigenvalue weighted by Crippen LogP contribution is -2.17. The smallest absolute Gasteiger partial charge is 0.105 e. The van der Waals surface area contributed by atoms with Crippen LogP contribution in [-0.4, -0.2) is 16.9 Å². The van der Waals surface area contributed by atoms with Gasteiger partial charge in [-0.15, -0.1) is 0 Å². The van der Waals surface area contributed by atoms with Crippen LogP contribution in [0.5, 0.6) is 0 Å². The van der Waals surface area contributed by atoms with E-state index in [1.807, 2.05) is 38.4 Å². The first-order chi connectivity index (χ1) is 8.15. The fraction of sp³-hybridized carbons (Fsp3) is 0.357. The number of furan rings is 1. The molecule has 3 heteroatoms. The molecule has 0 aliphatic rings. The van der Waals surface area contributed by atoms with Crippen molar-refractivity contribution in [2.45, 2.75) is 26.9 Å². The van der Waals surface area contributed by atoms with E-state index >= 15 is 0 Å². The average molecular weight is 230 g/mol. The molecule has 0 amide bonds. The van der Waals surface area contributed by atoms with E-state index in [9.17, 15) is 0 Å². The molecule has 0 fully saturated rings. The highest BCUT2D eigenvalue weighted by atomic mass is 16.3. The number of hydrogen-bond donors (Lipinski definition) is 0. The monoisotopic (exact) mass is 230 g/mol. The van der Waals surface area contributed by atoms with Gasteiger partial charge in [-0.25, -0.2) is 0 Å². The van der Waals surface area contributed by atoms with Crippen molar-refractivity contribution < 1.29 is 4.42 Å². The Labute approximate surface area is 102 Å². The van der Waals surface area contributed by atoms with Crippen LogP contribution in [0.4, 0.5) is 0 Å². The molecule has 0 spiro atoms. The first kappa shape index (κ1) is 11.9. The Morgan fingerprint density at radius 1 is 1.18 bits per heavy atom. The van der Waals surface area contributed by atoms with Gasteiger partial charge >= 0.3 is 0 Å². The number of aryl methyl sites for hydroxylation is 2. The molecule has 3 nitrogen and oxygen atoms in total. The molecular formula is C14H18N2O. The Kier molecular flexibility index (Phi) is 3.59. The molecule has 2 heterocycles. The van der Waals surface area contributed by atoms with Crippen molar-refractivity contribution in [3.05, 3.63) is 53.2 Å². The van der Waals surface area contributed by atoms with Crippen molar-refractivity contribution in [3.8, 4) is 0 Å². The molecule has 0 aliphatic heterocycles. The van der Waals surface area contributed by atoms with Crippen LogP contribution in [0.1, 0.15) is 22.6 Å². The fourth-order valence-corrected chi connectivity index (χ4v) is 1.99. The van der Waals surface area contributed by atoms with Crippen LogP contribution < -0.4 is 0 Å². The number of nitrogens with zero attached hydrogens (tertiary/aromatic N) is 2. The van der Waals surface area contributed by atoms with E-state index in [-0.39, 0.29) is 0 Å². The van der Waals surface area contributed by atoms with E-state index < -0.39 is 0 Å². The highest BCUT2D eigenvalue weighted by Gasteiger charge is 2.07. The number of aromatic nitrogens is 1. The third-order valence-electron chi connectivity index (χ3n) is 2.79. The standard InChI is InChI=1S/C14H18N2O/c1-11-8-14(12(2)17-11)10-16(3)9-13-4-6-15-7-5-13/h4-8H,9-10H2,1-3H3. The first-order valence-electron chi connectivity index (χ1n) is 5.78. The summed E-state index contributed by atoms with van der Waals surface area (Å²) in [5.74, 6) is 2.00. The van der Waals surface area contributed by atoms with Gasteiger partial charge in [0.25, 0.3) is 0 Å². The molecule has 0 saturated carbocycles. The van der Waals surface area contributed by atoms with Crippen molar-refractivity contribution in [1.82, 2.24) is 9.88 Å². The topological polar surface area (TPSA) is 29.3 Å². The van der Waals surface area contributed by atoms with Crippen LogP contribution in [-0.2, 0) is 13.1 Å². The molecule has 2 aromatic rings. The zero-order valence-corrected chi connectivity index (χ0v) is 10.6. The van der Waals surface area contributed by atoms with Gasteiger partial charge in [0, 0.05) is 31.0 Å². The van der Waals surface area contributed by atoms with Gasteiger partial charge in [-0.3, -0.25) is 9.88 Å². The predicted octanol–water partition coefficient (Wildman–Crippen LogP) is 2.92. The molecule has 0 aromatic carbocycles. The minimum Gasteiger partial charge on any atom is -0.466 e. The number of hydrogen-bond acceptors (Lipinski definition) is 3. The summed E-state index contributed by atoms with van der Waals surface area (Å²) in [5.41, 5.74) is 2.54. The molecule has 0 unspecified atom stereocenters. The summed E-state index contributed by atoms with van der Waals surface area (Å²) in [7, 11) is 2.11. The molecule has 2 rings (SSSR count). The third-order valence-corrected chi connectivity index (χ3v) is 2.79. The van der Waals surface area contributed by atoms with Crippen molar-refractivity contribution in [2.24, 2.45) is 0 Å². The maximum atomic E-state index is 5.53. The molecular weight excluding hydrogens is 212 g/mol. The summed E-state index contributed by atoms with van der Waals surface area (Å²) in [6.07, 6.45) is 3.66. The van der Waals surface area contributed by atoms with Gasteiger partial charge in [0.2, 0.25) is 0 Å². The summed E-state index contributed by atoms with van der Waals surface area (Å²) in [4.78, 5) is 6.29. The van der Waals surface area contributed by atoms with Gasteiger partial charge in [0.1, 0.15) is 11.5 Å². The van der Waals surface area contributed by atoms with Gasteiger partial charge in [-0.2, -0.15) is 0 Å². The summed E-state index contributed by atoms with van der Waals surface area (Å²) in [5, 5.41) is 0. The highest BCUT2D eigenvalue weighted by Crippen LogP contribution is 2.16. The summed E-state index contributed by atoms with van der Waals surface area (Å²) in [6, 6.07) is 6.20. The predicted molar refractivity (Wildman–Crippen MR) is 67.6 cm³/mol. The third kappa shape index (κ3) is 3.17. The van der Waals surface area contributed by atoms with Crippen molar-refractivity contribution in [3.63, 3.8) is 0 Å². The van der Waals surface area contributed by atoms with E-state index in [4.69, 9.17) is 4.42 Å². The summed E-state index contributed by atoms with van der Waals surface area (Å²) >= 11 is 0. The van der Waals surface area contributed by atoms with E-state index in [1.165, 1.54) is 11.1 Å². The fourth-order valence-electron chi connectivity index (χ4n) is 1.99. The van der Waals surface area contributed by atoms with E-state index in [1.54, 1.807) is 0 Å². The average Bonchev–Trinajstić information content (AvgIpc) is 2.58. The highest BCUT2D eigenvalue weighted by molar-refractivity contribution is 5.20.